The van der Waals surface area contributed by atoms with E-state index in [4.69, 9.17) is 5.73 Å². The number of halogens is 3. The van der Waals surface area contributed by atoms with Gasteiger partial charge in [-0.15, -0.1) is 4.83 Å². The lowest BCUT2D eigenvalue weighted by Crippen LogP contribution is -2.42. The van der Waals surface area contributed by atoms with E-state index in [-0.39, 0.29) is 13.2 Å². The Balaban J connectivity index is 4.76. The minimum Gasteiger partial charge on any atom is -0.465 e. The van der Waals surface area contributed by atoms with Gasteiger partial charge in [0.05, 0.1) is 6.61 Å². The maximum absolute atomic E-state index is 12.6. The van der Waals surface area contributed by atoms with Crippen LogP contribution in [0.1, 0.15) is 20.3 Å². The number of carbonyl (C=O) groups excluding carboxylic acids is 1. The molecule has 2 N–H and O–H groups in total. The molecule has 0 aliphatic heterocycles. The topological polar surface area (TPSA) is 81.9 Å². The number of carbonyl (C=O) groups is 1. The summed E-state index contributed by atoms with van der Waals surface area (Å²) in [6, 6.07) is -1.19. The van der Waals surface area contributed by atoms with Gasteiger partial charge in [-0.25, -0.2) is 0 Å². The van der Waals surface area contributed by atoms with Crippen LogP contribution in [-0.4, -0.2) is 42.3 Å². The van der Waals surface area contributed by atoms with Crippen molar-refractivity contribution in [3.8, 4) is 0 Å². The number of nitrogens with zero attached hydrogens (tertiary/aromatic N) is 1. The Labute approximate surface area is 110 Å². The third kappa shape index (κ3) is 6.38. The standard InChI is InChI=1S/C9H18F3N2O4P/c1-3-17-8(15)6(2)14(19-16)18-7(4-5-13)9(10,11)12/h6-7H,3-5,13,19H2,1-2H3. The minimum atomic E-state index is -4.65. The zero-order chi connectivity index (χ0) is 15.1. The van der Waals surface area contributed by atoms with Gasteiger partial charge in [-0.05, 0) is 26.8 Å². The molecule has 0 aliphatic rings. The number of hydrogen-bond donors (Lipinski definition) is 1. The van der Waals surface area contributed by atoms with Crippen molar-refractivity contribution < 1.29 is 32.1 Å². The lowest BCUT2D eigenvalue weighted by atomic mass is 10.2. The Morgan fingerprint density at radius 3 is 2.42 bits per heavy atom. The summed E-state index contributed by atoms with van der Waals surface area (Å²) in [6.07, 6.45) is -7.34. The fourth-order valence-electron chi connectivity index (χ4n) is 1.15. The van der Waals surface area contributed by atoms with Gasteiger partial charge >= 0.3 is 12.1 Å². The molecule has 0 aromatic carbocycles. The van der Waals surface area contributed by atoms with E-state index in [1.54, 1.807) is 6.92 Å². The molecule has 0 aromatic rings. The summed E-state index contributed by atoms with van der Waals surface area (Å²) in [5.41, 5.74) is 5.07. The van der Waals surface area contributed by atoms with Gasteiger partial charge in [0.15, 0.2) is 6.10 Å². The van der Waals surface area contributed by atoms with E-state index in [0.717, 1.165) is 0 Å². The molecule has 19 heavy (non-hydrogen) atoms. The highest BCUT2D eigenvalue weighted by Gasteiger charge is 2.42. The highest BCUT2D eigenvalue weighted by atomic mass is 31.1. The van der Waals surface area contributed by atoms with Crippen molar-refractivity contribution in [3.05, 3.63) is 0 Å². The quantitative estimate of drug-likeness (QED) is 0.411. The summed E-state index contributed by atoms with van der Waals surface area (Å²) in [5.74, 6) is -0.806. The molecule has 0 aliphatic carbocycles. The van der Waals surface area contributed by atoms with Crippen molar-refractivity contribution in [2.45, 2.75) is 38.6 Å². The molecule has 0 aromatic heterocycles. The van der Waals surface area contributed by atoms with Crippen molar-refractivity contribution >= 4 is 14.6 Å². The van der Waals surface area contributed by atoms with Crippen molar-refractivity contribution in [2.24, 2.45) is 5.73 Å². The largest absolute Gasteiger partial charge is 0.465 e. The third-order valence-electron chi connectivity index (χ3n) is 2.16. The van der Waals surface area contributed by atoms with Crippen LogP contribution in [0.3, 0.4) is 0 Å². The number of hydroxylamine groups is 1. The van der Waals surface area contributed by atoms with Crippen LogP contribution in [0.2, 0.25) is 0 Å². The molecule has 0 spiro atoms. The molecule has 0 radical (unpaired) electrons. The van der Waals surface area contributed by atoms with Gasteiger partial charge in [0.2, 0.25) is 0 Å². The van der Waals surface area contributed by atoms with E-state index in [1.807, 2.05) is 0 Å². The van der Waals surface area contributed by atoms with Crippen molar-refractivity contribution in [1.29, 1.82) is 0 Å². The third-order valence-corrected chi connectivity index (χ3v) is 2.93. The lowest BCUT2D eigenvalue weighted by molar-refractivity contribution is -0.278. The van der Waals surface area contributed by atoms with Gasteiger partial charge in [0.25, 0.3) is 0 Å². The molecule has 0 rings (SSSR count). The number of esters is 1. The van der Waals surface area contributed by atoms with Crippen molar-refractivity contribution in [1.82, 2.24) is 4.83 Å². The van der Waals surface area contributed by atoms with Gasteiger partial charge in [-0.1, -0.05) is 0 Å². The SMILES string of the molecule is CCOC(=O)C(C)N(OC(CCN)C(F)(F)F)[PH2]=O. The molecule has 0 bridgehead atoms. The molecular formula is C9H18F3N2O4P. The van der Waals surface area contributed by atoms with Crippen LogP contribution in [0.4, 0.5) is 13.2 Å². The number of nitrogens with two attached hydrogens (primary N) is 1. The molecule has 10 heteroatoms. The molecule has 0 heterocycles. The maximum atomic E-state index is 12.6. The lowest BCUT2D eigenvalue weighted by Gasteiger charge is -2.27. The number of ether oxygens (including phenoxy) is 1. The van der Waals surface area contributed by atoms with Crippen molar-refractivity contribution in [2.75, 3.05) is 13.2 Å². The fraction of sp³-hybridized carbons (Fsp3) is 0.889. The molecule has 3 atom stereocenters. The van der Waals surface area contributed by atoms with Crippen LogP contribution in [-0.2, 0) is 18.9 Å². The number of alkyl halides is 3. The second kappa shape index (κ2) is 8.52. The van der Waals surface area contributed by atoms with Crippen LogP contribution in [0.5, 0.6) is 0 Å². The van der Waals surface area contributed by atoms with Gasteiger partial charge < -0.3 is 15.0 Å². The highest BCUT2D eigenvalue weighted by Crippen LogP contribution is 2.28. The zero-order valence-electron chi connectivity index (χ0n) is 10.6. The summed E-state index contributed by atoms with van der Waals surface area (Å²) in [5, 5.41) is 0. The van der Waals surface area contributed by atoms with E-state index < -0.39 is 39.3 Å². The normalized spacial score (nSPS) is 15.9. The number of rotatable bonds is 8. The molecular weight excluding hydrogens is 288 g/mol. The Kier molecular flexibility index (Phi) is 8.24. The first-order valence-corrected chi connectivity index (χ1v) is 6.60. The van der Waals surface area contributed by atoms with Crippen LogP contribution < -0.4 is 5.73 Å². The second-order valence-corrected chi connectivity index (χ2v) is 4.33. The second-order valence-electron chi connectivity index (χ2n) is 3.61. The van der Waals surface area contributed by atoms with E-state index in [2.05, 4.69) is 9.57 Å². The Morgan fingerprint density at radius 2 is 2.05 bits per heavy atom. The first-order valence-electron chi connectivity index (χ1n) is 5.61. The van der Waals surface area contributed by atoms with Crippen LogP contribution in [0, 0.1) is 0 Å². The Bertz CT molecular complexity index is 304. The van der Waals surface area contributed by atoms with Crippen molar-refractivity contribution in [3.63, 3.8) is 0 Å². The molecule has 0 fully saturated rings. The highest BCUT2D eigenvalue weighted by molar-refractivity contribution is 7.20. The monoisotopic (exact) mass is 306 g/mol. The molecule has 0 amide bonds. The maximum Gasteiger partial charge on any atom is 0.416 e. The van der Waals surface area contributed by atoms with E-state index in [9.17, 15) is 22.5 Å². The smallest absolute Gasteiger partial charge is 0.416 e. The van der Waals surface area contributed by atoms with E-state index in [1.165, 1.54) is 6.92 Å². The average molecular weight is 306 g/mol. The first kappa shape index (κ1) is 18.4. The van der Waals surface area contributed by atoms with Gasteiger partial charge in [0.1, 0.15) is 14.7 Å². The molecule has 6 nitrogen and oxygen atoms in total. The predicted octanol–water partition coefficient (Wildman–Crippen LogP) is 1.12. The summed E-state index contributed by atoms with van der Waals surface area (Å²) in [7, 11) is -1.88. The van der Waals surface area contributed by atoms with Crippen LogP contribution in [0.25, 0.3) is 0 Å². The van der Waals surface area contributed by atoms with Crippen LogP contribution in [0.15, 0.2) is 0 Å². The van der Waals surface area contributed by atoms with E-state index in [0.29, 0.717) is 4.83 Å². The first-order chi connectivity index (χ1) is 8.77. The number of hydrogen-bond acceptors (Lipinski definition) is 5. The van der Waals surface area contributed by atoms with Gasteiger partial charge in [-0.3, -0.25) is 9.63 Å². The fourth-order valence-corrected chi connectivity index (χ4v) is 1.65. The summed E-state index contributed by atoms with van der Waals surface area (Å²) in [6.45, 7) is 2.61. The summed E-state index contributed by atoms with van der Waals surface area (Å²) < 4.78 is 53.3. The predicted molar refractivity (Wildman–Crippen MR) is 62.9 cm³/mol. The zero-order valence-corrected chi connectivity index (χ0v) is 11.8. The van der Waals surface area contributed by atoms with Gasteiger partial charge in [0, 0.05) is 0 Å². The molecule has 114 valence electrons. The molecule has 0 saturated heterocycles. The summed E-state index contributed by atoms with van der Waals surface area (Å²) >= 11 is 0. The van der Waals surface area contributed by atoms with Gasteiger partial charge in [-0.2, -0.15) is 13.2 Å². The average Bonchev–Trinajstić information content (AvgIpc) is 2.32. The Hall–Kier alpha value is -0.630. The van der Waals surface area contributed by atoms with E-state index >= 15 is 0 Å². The Morgan fingerprint density at radius 1 is 1.47 bits per heavy atom. The molecule has 3 unspecified atom stereocenters. The molecule has 0 saturated carbocycles. The van der Waals surface area contributed by atoms with Crippen LogP contribution >= 0.6 is 8.61 Å². The summed E-state index contributed by atoms with van der Waals surface area (Å²) in [4.78, 5) is 16.4. The minimum absolute atomic E-state index is 0.0662.